The molecular weight excluding hydrogens is 404 g/mol. The van der Waals surface area contributed by atoms with E-state index in [0.29, 0.717) is 23.7 Å². The van der Waals surface area contributed by atoms with Crippen LogP contribution in [0.15, 0.2) is 45.9 Å². The molecule has 8 nitrogen and oxygen atoms in total. The topological polar surface area (TPSA) is 123 Å². The Morgan fingerprint density at radius 2 is 1.93 bits per heavy atom. The van der Waals surface area contributed by atoms with Crippen LogP contribution in [0.2, 0.25) is 0 Å². The standard InChI is InChI=1S/C21H24N4O4S/c1-12-4-5-16(30(27,28)25-10-13(2)19(26)11-25)8-17(12)15-7-18(21(22)23-9-15)20-6-14(3)24-29-20/h4-9,13,19,26H,10-11H2,1-3H3,(H2,22,23)/t13-,19-/m1/s1. The lowest BCUT2D eigenvalue weighted by atomic mass is 10.00. The zero-order valence-electron chi connectivity index (χ0n) is 17.0. The summed E-state index contributed by atoms with van der Waals surface area (Å²) >= 11 is 0. The van der Waals surface area contributed by atoms with Crippen LogP contribution in [0.25, 0.3) is 22.5 Å². The third kappa shape index (κ3) is 3.60. The lowest BCUT2D eigenvalue weighted by molar-refractivity contribution is 0.153. The number of nitrogen functional groups attached to an aromatic ring is 1. The van der Waals surface area contributed by atoms with Crippen molar-refractivity contribution in [3.63, 3.8) is 0 Å². The summed E-state index contributed by atoms with van der Waals surface area (Å²) in [6, 6.07) is 8.60. The molecule has 3 aromatic rings. The molecule has 30 heavy (non-hydrogen) atoms. The molecule has 2 aromatic heterocycles. The fourth-order valence-corrected chi connectivity index (χ4v) is 5.22. The number of benzene rings is 1. The molecule has 0 spiro atoms. The van der Waals surface area contributed by atoms with Gasteiger partial charge in [-0.15, -0.1) is 0 Å². The SMILES string of the molecule is Cc1cc(-c2cc(-c3cc(S(=O)(=O)N4C[C@@H](C)[C@H](O)C4)ccc3C)cnc2N)on1. The van der Waals surface area contributed by atoms with Crippen molar-refractivity contribution in [2.24, 2.45) is 5.92 Å². The predicted molar refractivity (Wildman–Crippen MR) is 113 cm³/mol. The average molecular weight is 429 g/mol. The second-order valence-corrected chi connectivity index (χ2v) is 9.77. The Bertz CT molecular complexity index is 1200. The Labute approximate surface area is 175 Å². The summed E-state index contributed by atoms with van der Waals surface area (Å²) in [6.07, 6.45) is 0.960. The van der Waals surface area contributed by atoms with E-state index >= 15 is 0 Å². The van der Waals surface area contributed by atoms with E-state index in [9.17, 15) is 13.5 Å². The summed E-state index contributed by atoms with van der Waals surface area (Å²) in [5.41, 5.74) is 9.70. The zero-order valence-corrected chi connectivity index (χ0v) is 17.8. The number of nitrogens with zero attached hydrogens (tertiary/aromatic N) is 3. The molecule has 1 saturated heterocycles. The molecule has 1 aromatic carbocycles. The van der Waals surface area contributed by atoms with E-state index < -0.39 is 16.1 Å². The van der Waals surface area contributed by atoms with Gasteiger partial charge in [-0.05, 0) is 49.1 Å². The van der Waals surface area contributed by atoms with Crippen molar-refractivity contribution in [3.8, 4) is 22.5 Å². The van der Waals surface area contributed by atoms with Crippen LogP contribution < -0.4 is 5.73 Å². The first-order valence-electron chi connectivity index (χ1n) is 9.65. The minimum Gasteiger partial charge on any atom is -0.391 e. The number of aromatic nitrogens is 2. The number of anilines is 1. The molecule has 158 valence electrons. The Morgan fingerprint density at radius 3 is 2.57 bits per heavy atom. The normalized spacial score (nSPS) is 20.0. The van der Waals surface area contributed by atoms with Gasteiger partial charge in [-0.2, -0.15) is 4.31 Å². The highest BCUT2D eigenvalue weighted by Gasteiger charge is 2.36. The number of rotatable bonds is 4. The van der Waals surface area contributed by atoms with Crippen LogP contribution in [-0.4, -0.2) is 47.2 Å². The highest BCUT2D eigenvalue weighted by Crippen LogP contribution is 2.33. The molecule has 4 rings (SSSR count). The van der Waals surface area contributed by atoms with E-state index in [4.69, 9.17) is 10.3 Å². The molecule has 0 amide bonds. The maximum atomic E-state index is 13.1. The molecule has 3 N–H and O–H groups in total. The van der Waals surface area contributed by atoms with Gasteiger partial charge in [-0.3, -0.25) is 0 Å². The van der Waals surface area contributed by atoms with Gasteiger partial charge in [0.1, 0.15) is 5.82 Å². The number of nitrogens with two attached hydrogens (primary N) is 1. The van der Waals surface area contributed by atoms with Crippen LogP contribution >= 0.6 is 0 Å². The van der Waals surface area contributed by atoms with Crippen LogP contribution in [-0.2, 0) is 10.0 Å². The number of sulfonamides is 1. The van der Waals surface area contributed by atoms with Crippen LogP contribution in [0.3, 0.4) is 0 Å². The Morgan fingerprint density at radius 1 is 1.17 bits per heavy atom. The van der Waals surface area contributed by atoms with Crippen molar-refractivity contribution in [2.75, 3.05) is 18.8 Å². The van der Waals surface area contributed by atoms with Crippen molar-refractivity contribution < 1.29 is 18.0 Å². The molecular formula is C21H24N4O4S. The van der Waals surface area contributed by atoms with Crippen LogP contribution in [0, 0.1) is 19.8 Å². The van der Waals surface area contributed by atoms with E-state index in [1.54, 1.807) is 30.5 Å². The van der Waals surface area contributed by atoms with Gasteiger partial charge in [0.2, 0.25) is 10.0 Å². The van der Waals surface area contributed by atoms with Crippen molar-refractivity contribution in [1.82, 2.24) is 14.4 Å². The summed E-state index contributed by atoms with van der Waals surface area (Å²) < 4.78 is 32.9. The van der Waals surface area contributed by atoms with Crippen molar-refractivity contribution >= 4 is 15.8 Å². The van der Waals surface area contributed by atoms with Gasteiger partial charge >= 0.3 is 0 Å². The summed E-state index contributed by atoms with van der Waals surface area (Å²) in [7, 11) is -3.72. The van der Waals surface area contributed by atoms with Crippen LogP contribution in [0.1, 0.15) is 18.2 Å². The number of hydrogen-bond acceptors (Lipinski definition) is 7. The smallest absolute Gasteiger partial charge is 0.243 e. The van der Waals surface area contributed by atoms with E-state index in [1.807, 2.05) is 26.8 Å². The number of aryl methyl sites for hydroxylation is 2. The fourth-order valence-electron chi connectivity index (χ4n) is 3.63. The van der Waals surface area contributed by atoms with Gasteiger partial charge in [-0.1, -0.05) is 18.1 Å². The fraction of sp³-hybridized carbons (Fsp3) is 0.333. The largest absolute Gasteiger partial charge is 0.391 e. The quantitative estimate of drug-likeness (QED) is 0.655. The van der Waals surface area contributed by atoms with Gasteiger partial charge in [0.15, 0.2) is 5.76 Å². The Kier molecular flexibility index (Phi) is 5.13. The van der Waals surface area contributed by atoms with Crippen molar-refractivity contribution in [3.05, 3.63) is 47.8 Å². The minimum absolute atomic E-state index is 0.0982. The van der Waals surface area contributed by atoms with E-state index in [0.717, 1.165) is 22.4 Å². The molecule has 0 unspecified atom stereocenters. The van der Waals surface area contributed by atoms with E-state index in [1.165, 1.54) is 4.31 Å². The van der Waals surface area contributed by atoms with E-state index in [-0.39, 0.29) is 17.4 Å². The first-order chi connectivity index (χ1) is 14.2. The molecule has 1 aliphatic heterocycles. The van der Waals surface area contributed by atoms with Gasteiger partial charge in [0, 0.05) is 30.9 Å². The maximum absolute atomic E-state index is 13.1. The predicted octanol–water partition coefficient (Wildman–Crippen LogP) is 2.60. The summed E-state index contributed by atoms with van der Waals surface area (Å²) in [5, 5.41) is 13.9. The summed E-state index contributed by atoms with van der Waals surface area (Å²) in [5.74, 6) is 0.705. The molecule has 0 radical (unpaired) electrons. The molecule has 0 saturated carbocycles. The molecule has 3 heterocycles. The number of hydrogen-bond donors (Lipinski definition) is 2. The maximum Gasteiger partial charge on any atom is 0.243 e. The Balaban J connectivity index is 1.76. The monoisotopic (exact) mass is 428 g/mol. The zero-order chi connectivity index (χ0) is 21.6. The second kappa shape index (κ2) is 7.50. The number of pyridine rings is 1. The van der Waals surface area contributed by atoms with Crippen LogP contribution in [0.5, 0.6) is 0 Å². The summed E-state index contributed by atoms with van der Waals surface area (Å²) in [6.45, 7) is 5.96. The highest BCUT2D eigenvalue weighted by molar-refractivity contribution is 7.89. The number of aliphatic hydroxyl groups excluding tert-OH is 1. The van der Waals surface area contributed by atoms with Gasteiger partial charge in [0.05, 0.1) is 22.3 Å². The first kappa shape index (κ1) is 20.5. The van der Waals surface area contributed by atoms with Crippen LogP contribution in [0.4, 0.5) is 5.82 Å². The molecule has 0 aliphatic carbocycles. The molecule has 1 fully saturated rings. The third-order valence-electron chi connectivity index (χ3n) is 5.51. The summed E-state index contributed by atoms with van der Waals surface area (Å²) in [4.78, 5) is 4.45. The third-order valence-corrected chi connectivity index (χ3v) is 7.34. The number of β-amino-alcohol motifs (C(OH)–C–C–N with tert-alkyl or cyclic N) is 1. The minimum atomic E-state index is -3.72. The van der Waals surface area contributed by atoms with Crippen molar-refractivity contribution in [1.29, 1.82) is 0 Å². The van der Waals surface area contributed by atoms with Gasteiger partial charge in [0.25, 0.3) is 0 Å². The molecule has 9 heteroatoms. The van der Waals surface area contributed by atoms with Gasteiger partial charge < -0.3 is 15.4 Å². The Hall–Kier alpha value is -2.75. The molecule has 0 bridgehead atoms. The highest BCUT2D eigenvalue weighted by atomic mass is 32.2. The van der Waals surface area contributed by atoms with Crippen molar-refractivity contribution in [2.45, 2.75) is 31.8 Å². The molecule has 1 aliphatic rings. The lowest BCUT2D eigenvalue weighted by Crippen LogP contribution is -2.29. The van der Waals surface area contributed by atoms with Gasteiger partial charge in [-0.25, -0.2) is 13.4 Å². The number of aliphatic hydroxyl groups is 1. The lowest BCUT2D eigenvalue weighted by Gasteiger charge is -2.17. The first-order valence-corrected chi connectivity index (χ1v) is 11.1. The average Bonchev–Trinajstić information content (AvgIpc) is 3.28. The van der Waals surface area contributed by atoms with E-state index in [2.05, 4.69) is 10.1 Å². The molecule has 2 atom stereocenters. The second-order valence-electron chi connectivity index (χ2n) is 7.83.